The van der Waals surface area contributed by atoms with Crippen molar-refractivity contribution in [3.63, 3.8) is 0 Å². The van der Waals surface area contributed by atoms with E-state index in [9.17, 15) is 9.59 Å². The average molecular weight is 469 g/mol. The molecule has 1 saturated heterocycles. The number of esters is 1. The summed E-state index contributed by atoms with van der Waals surface area (Å²) in [6.07, 6.45) is 1.44. The molecule has 0 spiro atoms. The lowest BCUT2D eigenvalue weighted by Crippen LogP contribution is -2.38. The molecule has 0 aliphatic carbocycles. The van der Waals surface area contributed by atoms with Crippen LogP contribution in [0.25, 0.3) is 11.4 Å². The Morgan fingerprint density at radius 2 is 1.91 bits per heavy atom. The Morgan fingerprint density at radius 1 is 1.18 bits per heavy atom. The number of nitrogens with zero attached hydrogens (tertiary/aromatic N) is 3. The number of ether oxygens (including phenoxy) is 1. The Bertz CT molecular complexity index is 1140. The summed E-state index contributed by atoms with van der Waals surface area (Å²) in [5.74, 6) is 0.507. The van der Waals surface area contributed by atoms with Crippen molar-refractivity contribution in [3.8, 4) is 11.4 Å². The van der Waals surface area contributed by atoms with Crippen molar-refractivity contribution in [2.75, 3.05) is 25.5 Å². The summed E-state index contributed by atoms with van der Waals surface area (Å²) in [7, 11) is 1.34. The fourth-order valence-electron chi connectivity index (χ4n) is 3.92. The number of anilines is 1. The molecule has 172 valence electrons. The van der Waals surface area contributed by atoms with Crippen molar-refractivity contribution < 1.29 is 18.8 Å². The minimum atomic E-state index is -0.419. The first-order valence-corrected chi connectivity index (χ1v) is 11.1. The van der Waals surface area contributed by atoms with Gasteiger partial charge in [0, 0.05) is 22.2 Å². The molecule has 1 fully saturated rings. The third kappa shape index (κ3) is 5.40. The maximum absolute atomic E-state index is 12.8. The number of rotatable bonds is 6. The van der Waals surface area contributed by atoms with Crippen LogP contribution in [0.4, 0.5) is 5.69 Å². The maximum atomic E-state index is 12.8. The molecule has 0 saturated carbocycles. The topological polar surface area (TPSA) is 97.6 Å². The highest BCUT2D eigenvalue weighted by atomic mass is 35.5. The molecule has 0 bridgehead atoms. The molecule has 0 unspecified atom stereocenters. The lowest BCUT2D eigenvalue weighted by atomic mass is 9.95. The summed E-state index contributed by atoms with van der Waals surface area (Å²) in [5.41, 5.74) is 2.62. The molecule has 1 amide bonds. The zero-order chi connectivity index (χ0) is 23.4. The van der Waals surface area contributed by atoms with Crippen LogP contribution in [0.5, 0.6) is 0 Å². The second-order valence-corrected chi connectivity index (χ2v) is 8.46. The van der Waals surface area contributed by atoms with Crippen molar-refractivity contribution in [2.24, 2.45) is 5.92 Å². The van der Waals surface area contributed by atoms with Crippen molar-refractivity contribution in [1.29, 1.82) is 0 Å². The molecule has 4 rings (SSSR count). The van der Waals surface area contributed by atoms with Gasteiger partial charge in [0.05, 0.1) is 19.2 Å². The van der Waals surface area contributed by atoms with E-state index in [2.05, 4.69) is 20.4 Å². The summed E-state index contributed by atoms with van der Waals surface area (Å²) >= 11 is 5.93. The van der Waals surface area contributed by atoms with Gasteiger partial charge < -0.3 is 14.6 Å². The molecule has 9 heteroatoms. The number of amides is 1. The molecular weight excluding hydrogens is 444 g/mol. The third-order valence-corrected chi connectivity index (χ3v) is 6.14. The van der Waals surface area contributed by atoms with E-state index in [1.54, 1.807) is 37.3 Å². The zero-order valence-corrected chi connectivity index (χ0v) is 19.3. The Labute approximate surface area is 196 Å². The van der Waals surface area contributed by atoms with Crippen LogP contribution in [0, 0.1) is 12.8 Å². The number of aromatic nitrogens is 2. The van der Waals surface area contributed by atoms with Crippen LogP contribution in [-0.2, 0) is 16.1 Å². The zero-order valence-electron chi connectivity index (χ0n) is 18.5. The van der Waals surface area contributed by atoms with E-state index >= 15 is 0 Å². The molecule has 2 heterocycles. The van der Waals surface area contributed by atoms with E-state index in [0.29, 0.717) is 40.1 Å². The summed E-state index contributed by atoms with van der Waals surface area (Å²) in [6, 6.07) is 12.5. The summed E-state index contributed by atoms with van der Waals surface area (Å²) in [5, 5.41) is 7.68. The van der Waals surface area contributed by atoms with Gasteiger partial charge >= 0.3 is 5.97 Å². The largest absolute Gasteiger partial charge is 0.465 e. The molecule has 0 atom stereocenters. The first-order chi connectivity index (χ1) is 15.9. The predicted octanol–water partition coefficient (Wildman–Crippen LogP) is 4.34. The van der Waals surface area contributed by atoms with Crippen molar-refractivity contribution in [2.45, 2.75) is 26.3 Å². The lowest BCUT2D eigenvalue weighted by molar-refractivity contribution is -0.121. The van der Waals surface area contributed by atoms with Gasteiger partial charge in [0.2, 0.25) is 17.6 Å². The Hall–Kier alpha value is -3.23. The second-order valence-electron chi connectivity index (χ2n) is 8.03. The number of benzene rings is 2. The van der Waals surface area contributed by atoms with Gasteiger partial charge in [-0.1, -0.05) is 22.8 Å². The molecule has 3 aromatic rings. The van der Waals surface area contributed by atoms with Crippen LogP contribution in [0.1, 0.15) is 34.7 Å². The van der Waals surface area contributed by atoms with Gasteiger partial charge in [-0.15, -0.1) is 0 Å². The van der Waals surface area contributed by atoms with E-state index < -0.39 is 5.97 Å². The van der Waals surface area contributed by atoms with Crippen molar-refractivity contribution in [1.82, 2.24) is 15.0 Å². The highest BCUT2D eigenvalue weighted by Crippen LogP contribution is 2.25. The summed E-state index contributed by atoms with van der Waals surface area (Å²) < 4.78 is 10.2. The van der Waals surface area contributed by atoms with Crippen LogP contribution in [-0.4, -0.2) is 47.1 Å². The molecule has 1 aromatic heterocycles. The fourth-order valence-corrected chi connectivity index (χ4v) is 4.04. The predicted molar refractivity (Wildman–Crippen MR) is 124 cm³/mol. The number of methoxy groups -OCH3 is 1. The number of carbonyl (C=O) groups is 2. The SMILES string of the molecule is COC(=O)c1cccc(NC(=O)C2CCN(Cc3nc(-c4ccc(Cl)cc4)no3)CC2)c1C. The Balaban J connectivity index is 1.31. The molecule has 0 radical (unpaired) electrons. The summed E-state index contributed by atoms with van der Waals surface area (Å²) in [4.78, 5) is 31.4. The molecule has 2 aromatic carbocycles. The highest BCUT2D eigenvalue weighted by molar-refractivity contribution is 6.30. The minimum Gasteiger partial charge on any atom is -0.465 e. The number of carbonyl (C=O) groups excluding carboxylic acids is 2. The maximum Gasteiger partial charge on any atom is 0.338 e. The van der Waals surface area contributed by atoms with Crippen LogP contribution in [0.15, 0.2) is 47.0 Å². The average Bonchev–Trinajstić information content (AvgIpc) is 3.29. The minimum absolute atomic E-state index is 0.0393. The molecule has 8 nitrogen and oxygen atoms in total. The quantitative estimate of drug-likeness (QED) is 0.537. The Morgan fingerprint density at radius 3 is 2.61 bits per heavy atom. The first-order valence-electron chi connectivity index (χ1n) is 10.7. The standard InChI is InChI=1S/C24H25ClN4O4/c1-15-19(24(31)32-2)4-3-5-20(15)26-23(30)17-10-12-29(13-11-17)14-21-27-22(28-33-21)16-6-8-18(25)9-7-16/h3-9,17H,10-14H2,1-2H3,(H,26,30). The molecular formula is C24H25ClN4O4. The van der Waals surface area contributed by atoms with Gasteiger partial charge in [-0.3, -0.25) is 9.69 Å². The normalized spacial score (nSPS) is 14.8. The molecule has 33 heavy (non-hydrogen) atoms. The van der Waals surface area contributed by atoms with Crippen LogP contribution in [0.3, 0.4) is 0 Å². The number of hydrogen-bond donors (Lipinski definition) is 1. The fraction of sp³-hybridized carbons (Fsp3) is 0.333. The number of nitrogens with one attached hydrogen (secondary N) is 1. The number of piperidine rings is 1. The van der Waals surface area contributed by atoms with E-state index in [1.807, 2.05) is 12.1 Å². The lowest BCUT2D eigenvalue weighted by Gasteiger charge is -2.30. The van der Waals surface area contributed by atoms with E-state index in [1.165, 1.54) is 7.11 Å². The molecule has 1 aliphatic heterocycles. The summed E-state index contributed by atoms with van der Waals surface area (Å²) in [6.45, 7) is 3.83. The van der Waals surface area contributed by atoms with E-state index in [-0.39, 0.29) is 11.8 Å². The van der Waals surface area contributed by atoms with Gasteiger partial charge in [-0.2, -0.15) is 4.98 Å². The monoisotopic (exact) mass is 468 g/mol. The smallest absolute Gasteiger partial charge is 0.338 e. The third-order valence-electron chi connectivity index (χ3n) is 5.88. The van der Waals surface area contributed by atoms with Gasteiger partial charge in [-0.25, -0.2) is 4.79 Å². The van der Waals surface area contributed by atoms with Crippen LogP contribution in [0.2, 0.25) is 5.02 Å². The van der Waals surface area contributed by atoms with Gasteiger partial charge in [0.15, 0.2) is 0 Å². The molecule has 1 aliphatic rings. The van der Waals surface area contributed by atoms with Crippen LogP contribution >= 0.6 is 11.6 Å². The number of likely N-dealkylation sites (tertiary alicyclic amines) is 1. The molecule has 1 N–H and O–H groups in total. The first kappa shape index (κ1) is 22.9. The van der Waals surface area contributed by atoms with Gasteiger partial charge in [0.25, 0.3) is 0 Å². The second kappa shape index (κ2) is 10.1. The Kier molecular flexibility index (Phi) is 7.05. The van der Waals surface area contributed by atoms with Gasteiger partial charge in [-0.05, 0) is 74.8 Å². The highest BCUT2D eigenvalue weighted by Gasteiger charge is 2.27. The number of halogens is 1. The van der Waals surface area contributed by atoms with Crippen molar-refractivity contribution >= 4 is 29.2 Å². The van der Waals surface area contributed by atoms with Crippen molar-refractivity contribution in [3.05, 3.63) is 64.5 Å². The van der Waals surface area contributed by atoms with Crippen LogP contribution < -0.4 is 5.32 Å². The van der Waals surface area contributed by atoms with E-state index in [0.717, 1.165) is 31.5 Å². The van der Waals surface area contributed by atoms with E-state index in [4.69, 9.17) is 20.9 Å². The van der Waals surface area contributed by atoms with Gasteiger partial charge in [0.1, 0.15) is 0 Å². The number of hydrogen-bond acceptors (Lipinski definition) is 7.